The van der Waals surface area contributed by atoms with E-state index in [1.165, 1.54) is 19.3 Å². The van der Waals surface area contributed by atoms with E-state index in [1.807, 2.05) is 0 Å². The molecule has 16 heavy (non-hydrogen) atoms. The van der Waals surface area contributed by atoms with Crippen molar-refractivity contribution in [3.63, 3.8) is 0 Å². The van der Waals surface area contributed by atoms with E-state index in [9.17, 15) is 4.79 Å². The highest BCUT2D eigenvalue weighted by atomic mass is 16.1. The number of amides is 1. The molecule has 0 aliphatic heterocycles. The molecule has 0 radical (unpaired) electrons. The zero-order valence-electron chi connectivity index (χ0n) is 10.7. The maximum Gasteiger partial charge on any atom is 0.220 e. The average Bonchev–Trinajstić information content (AvgIpc) is 2.70. The van der Waals surface area contributed by atoms with Crippen molar-refractivity contribution >= 4 is 5.91 Å². The largest absolute Gasteiger partial charge is 0.354 e. The second-order valence-electron chi connectivity index (χ2n) is 4.93. The fourth-order valence-electron chi connectivity index (χ4n) is 2.21. The summed E-state index contributed by atoms with van der Waals surface area (Å²) in [4.78, 5) is 11.7. The van der Waals surface area contributed by atoms with Gasteiger partial charge < -0.3 is 5.32 Å². The third-order valence-corrected chi connectivity index (χ3v) is 3.21. The van der Waals surface area contributed by atoms with Gasteiger partial charge in [0.25, 0.3) is 0 Å². The highest BCUT2D eigenvalue weighted by Gasteiger charge is 2.15. The highest BCUT2D eigenvalue weighted by molar-refractivity contribution is 5.76. The zero-order valence-corrected chi connectivity index (χ0v) is 10.7. The first kappa shape index (κ1) is 13.3. The van der Waals surface area contributed by atoms with Gasteiger partial charge in [0.15, 0.2) is 0 Å². The second kappa shape index (κ2) is 7.48. The van der Waals surface area contributed by atoms with Crippen LogP contribution in [-0.4, -0.2) is 11.9 Å². The first-order valence-corrected chi connectivity index (χ1v) is 6.68. The predicted octanol–water partition coefficient (Wildman–Crippen LogP) is 3.43. The standard InChI is InChI=1S/C14H25NO/c1-3-4-5-8-12(2)15-14(16)11-13-9-6-7-10-13/h6,9,12-13H,3-5,7-8,10-11H2,1-2H3,(H,15,16)/t12-,13+/m0/s1. The monoisotopic (exact) mass is 223 g/mol. The minimum Gasteiger partial charge on any atom is -0.354 e. The van der Waals surface area contributed by atoms with E-state index in [-0.39, 0.29) is 5.91 Å². The number of nitrogens with one attached hydrogen (secondary N) is 1. The molecular formula is C14H25NO. The lowest BCUT2D eigenvalue weighted by atomic mass is 10.0. The Bertz CT molecular complexity index is 235. The van der Waals surface area contributed by atoms with Gasteiger partial charge >= 0.3 is 0 Å². The fraction of sp³-hybridized carbons (Fsp3) is 0.786. The summed E-state index contributed by atoms with van der Waals surface area (Å²) in [6.07, 6.45) is 12.2. The van der Waals surface area contributed by atoms with Crippen molar-refractivity contribution in [2.45, 2.75) is 64.8 Å². The Labute approximate surface area is 99.5 Å². The number of rotatable bonds is 7. The summed E-state index contributed by atoms with van der Waals surface area (Å²) in [7, 11) is 0. The van der Waals surface area contributed by atoms with Crippen LogP contribution >= 0.6 is 0 Å². The lowest BCUT2D eigenvalue weighted by Gasteiger charge is -2.15. The molecule has 0 spiro atoms. The summed E-state index contributed by atoms with van der Waals surface area (Å²) < 4.78 is 0. The number of carbonyl (C=O) groups is 1. The first-order chi connectivity index (χ1) is 7.72. The van der Waals surface area contributed by atoms with Gasteiger partial charge in [-0.15, -0.1) is 0 Å². The van der Waals surface area contributed by atoms with Crippen LogP contribution in [0.5, 0.6) is 0 Å². The molecule has 0 saturated carbocycles. The molecule has 1 amide bonds. The van der Waals surface area contributed by atoms with Gasteiger partial charge in [0.05, 0.1) is 0 Å². The molecular weight excluding hydrogens is 198 g/mol. The van der Waals surface area contributed by atoms with Crippen LogP contribution < -0.4 is 5.32 Å². The minimum atomic E-state index is 0.223. The molecule has 0 heterocycles. The molecule has 0 aromatic rings. The summed E-state index contributed by atoms with van der Waals surface area (Å²) in [5.41, 5.74) is 0. The third kappa shape index (κ3) is 5.34. The van der Waals surface area contributed by atoms with Crippen LogP contribution in [0.1, 0.15) is 58.8 Å². The SMILES string of the molecule is CCCCC[C@H](C)NC(=O)C[C@@H]1C=CCC1. The minimum absolute atomic E-state index is 0.223. The van der Waals surface area contributed by atoms with Crippen molar-refractivity contribution in [3.8, 4) is 0 Å². The van der Waals surface area contributed by atoms with Gasteiger partial charge in [0.1, 0.15) is 0 Å². The maximum atomic E-state index is 11.7. The van der Waals surface area contributed by atoms with Crippen molar-refractivity contribution in [3.05, 3.63) is 12.2 Å². The van der Waals surface area contributed by atoms with Gasteiger partial charge in [-0.05, 0) is 32.1 Å². The van der Waals surface area contributed by atoms with Gasteiger partial charge in [-0.3, -0.25) is 4.79 Å². The first-order valence-electron chi connectivity index (χ1n) is 6.68. The Morgan fingerprint density at radius 2 is 2.31 bits per heavy atom. The predicted molar refractivity (Wildman–Crippen MR) is 68.2 cm³/mol. The molecule has 2 atom stereocenters. The molecule has 0 unspecified atom stereocenters. The molecule has 0 aromatic heterocycles. The van der Waals surface area contributed by atoms with Crippen molar-refractivity contribution in [1.82, 2.24) is 5.32 Å². The van der Waals surface area contributed by atoms with E-state index in [1.54, 1.807) is 0 Å². The van der Waals surface area contributed by atoms with E-state index in [0.29, 0.717) is 18.4 Å². The molecule has 0 saturated heterocycles. The average molecular weight is 223 g/mol. The third-order valence-electron chi connectivity index (χ3n) is 3.21. The normalized spacial score (nSPS) is 21.0. The summed E-state index contributed by atoms with van der Waals surface area (Å²) >= 11 is 0. The van der Waals surface area contributed by atoms with Crippen LogP contribution in [0.25, 0.3) is 0 Å². The quantitative estimate of drug-likeness (QED) is 0.520. The van der Waals surface area contributed by atoms with Crippen molar-refractivity contribution in [2.24, 2.45) is 5.92 Å². The highest BCUT2D eigenvalue weighted by Crippen LogP contribution is 2.20. The Hall–Kier alpha value is -0.790. The van der Waals surface area contributed by atoms with Crippen LogP contribution in [0, 0.1) is 5.92 Å². The molecule has 0 fully saturated rings. The van der Waals surface area contributed by atoms with E-state index < -0.39 is 0 Å². The number of carbonyl (C=O) groups excluding carboxylic acids is 1. The molecule has 92 valence electrons. The van der Waals surface area contributed by atoms with Crippen molar-refractivity contribution < 1.29 is 4.79 Å². The van der Waals surface area contributed by atoms with E-state index >= 15 is 0 Å². The Kier molecular flexibility index (Phi) is 6.20. The maximum absolute atomic E-state index is 11.7. The van der Waals surface area contributed by atoms with Gasteiger partial charge in [0, 0.05) is 12.5 Å². The molecule has 0 aromatic carbocycles. The van der Waals surface area contributed by atoms with Gasteiger partial charge in [0.2, 0.25) is 5.91 Å². The van der Waals surface area contributed by atoms with Gasteiger partial charge in [-0.1, -0.05) is 38.3 Å². The molecule has 1 aliphatic carbocycles. The van der Waals surface area contributed by atoms with Crippen LogP contribution in [0.3, 0.4) is 0 Å². The lowest BCUT2D eigenvalue weighted by Crippen LogP contribution is -2.33. The number of allylic oxidation sites excluding steroid dienone is 2. The molecule has 1 N–H and O–H groups in total. The lowest BCUT2D eigenvalue weighted by molar-refractivity contribution is -0.122. The van der Waals surface area contributed by atoms with Crippen LogP contribution in [0.4, 0.5) is 0 Å². The molecule has 0 bridgehead atoms. The fourth-order valence-corrected chi connectivity index (χ4v) is 2.21. The van der Waals surface area contributed by atoms with Crippen molar-refractivity contribution in [1.29, 1.82) is 0 Å². The van der Waals surface area contributed by atoms with E-state index in [0.717, 1.165) is 19.3 Å². The second-order valence-corrected chi connectivity index (χ2v) is 4.93. The number of hydrogen-bond acceptors (Lipinski definition) is 1. The summed E-state index contributed by atoms with van der Waals surface area (Å²) in [6, 6.07) is 0.337. The van der Waals surface area contributed by atoms with E-state index in [4.69, 9.17) is 0 Å². The Morgan fingerprint density at radius 3 is 2.94 bits per heavy atom. The van der Waals surface area contributed by atoms with Crippen LogP contribution in [0.15, 0.2) is 12.2 Å². The Morgan fingerprint density at radius 1 is 1.50 bits per heavy atom. The topological polar surface area (TPSA) is 29.1 Å². The van der Waals surface area contributed by atoms with Gasteiger partial charge in [-0.25, -0.2) is 0 Å². The number of hydrogen-bond donors (Lipinski definition) is 1. The summed E-state index contributed by atoms with van der Waals surface area (Å²) in [5, 5.41) is 3.09. The van der Waals surface area contributed by atoms with Crippen LogP contribution in [-0.2, 0) is 4.79 Å². The molecule has 1 aliphatic rings. The van der Waals surface area contributed by atoms with Crippen molar-refractivity contribution in [2.75, 3.05) is 0 Å². The smallest absolute Gasteiger partial charge is 0.220 e. The number of unbranched alkanes of at least 4 members (excludes halogenated alkanes) is 2. The van der Waals surface area contributed by atoms with E-state index in [2.05, 4.69) is 31.3 Å². The summed E-state index contributed by atoms with van der Waals surface area (Å²) in [5.74, 6) is 0.711. The zero-order chi connectivity index (χ0) is 11.8. The molecule has 2 heteroatoms. The van der Waals surface area contributed by atoms with Gasteiger partial charge in [-0.2, -0.15) is 0 Å². The summed E-state index contributed by atoms with van der Waals surface area (Å²) in [6.45, 7) is 4.31. The van der Waals surface area contributed by atoms with Crippen LogP contribution in [0.2, 0.25) is 0 Å². The Balaban J connectivity index is 2.10. The molecule has 2 nitrogen and oxygen atoms in total. The molecule has 1 rings (SSSR count).